The van der Waals surface area contributed by atoms with Crippen LogP contribution >= 0.6 is 27.5 Å². The molecule has 2 rings (SSSR count). The number of rotatable bonds is 3. The summed E-state index contributed by atoms with van der Waals surface area (Å²) >= 11 is 9.34. The van der Waals surface area contributed by atoms with Gasteiger partial charge in [-0.25, -0.2) is 4.68 Å². The smallest absolute Gasteiger partial charge is 0.290 e. The highest BCUT2D eigenvalue weighted by atomic mass is 79.9. The first-order valence-electron chi connectivity index (χ1n) is 5.27. The van der Waals surface area contributed by atoms with E-state index >= 15 is 0 Å². The van der Waals surface area contributed by atoms with Crippen LogP contribution in [0.15, 0.2) is 29.1 Å². The second-order valence-electron chi connectivity index (χ2n) is 3.73. The minimum absolute atomic E-state index is 0.223. The lowest BCUT2D eigenvalue weighted by atomic mass is 10.3. The van der Waals surface area contributed by atoms with Gasteiger partial charge >= 0.3 is 0 Å². The van der Waals surface area contributed by atoms with Crippen molar-refractivity contribution in [2.45, 2.75) is 5.33 Å². The van der Waals surface area contributed by atoms with Gasteiger partial charge in [0.05, 0.1) is 18.5 Å². The molecule has 0 atom stereocenters. The number of methoxy groups -OCH3 is 1. The molecule has 0 aliphatic rings. The van der Waals surface area contributed by atoms with Crippen LogP contribution in [0.2, 0.25) is 5.02 Å². The van der Waals surface area contributed by atoms with Crippen LogP contribution in [-0.2, 0) is 12.4 Å². The van der Waals surface area contributed by atoms with Crippen LogP contribution in [0, 0.1) is 0 Å². The van der Waals surface area contributed by atoms with Gasteiger partial charge in [0.15, 0.2) is 0 Å². The summed E-state index contributed by atoms with van der Waals surface area (Å²) in [5.41, 5.74) is 1.27. The van der Waals surface area contributed by atoms with Crippen molar-refractivity contribution in [2.75, 3.05) is 7.11 Å². The predicted octanol–water partition coefficient (Wildman–Crippen LogP) is 2.73. The quantitative estimate of drug-likeness (QED) is 0.811. The van der Waals surface area contributed by atoms with Crippen molar-refractivity contribution in [3.63, 3.8) is 0 Å². The molecule has 0 unspecified atom stereocenters. The van der Waals surface area contributed by atoms with Gasteiger partial charge in [-0.2, -0.15) is 0 Å². The normalized spacial score (nSPS) is 10.7. The number of benzene rings is 1. The number of nitrogens with zero attached hydrogens (tertiary/aromatic N) is 2. The van der Waals surface area contributed by atoms with E-state index in [1.807, 2.05) is 12.1 Å². The van der Waals surface area contributed by atoms with Crippen LogP contribution < -0.4 is 10.3 Å². The molecule has 1 aromatic heterocycles. The van der Waals surface area contributed by atoms with Crippen LogP contribution in [0.25, 0.3) is 5.69 Å². The van der Waals surface area contributed by atoms with E-state index in [9.17, 15) is 4.79 Å². The summed E-state index contributed by atoms with van der Waals surface area (Å²) < 4.78 is 8.35. The van der Waals surface area contributed by atoms with E-state index in [1.54, 1.807) is 31.0 Å². The summed E-state index contributed by atoms with van der Waals surface area (Å²) in [7, 11) is 3.40. The third kappa shape index (κ3) is 2.08. The second-order valence-corrected chi connectivity index (χ2v) is 4.67. The highest BCUT2D eigenvalue weighted by Crippen LogP contribution is 2.19. The van der Waals surface area contributed by atoms with Gasteiger partial charge in [-0.05, 0) is 24.3 Å². The molecule has 0 saturated heterocycles. The van der Waals surface area contributed by atoms with Crippen molar-refractivity contribution >= 4 is 27.5 Å². The van der Waals surface area contributed by atoms with E-state index in [-0.39, 0.29) is 10.6 Å². The fraction of sp³-hybridized carbons (Fsp3) is 0.250. The van der Waals surface area contributed by atoms with Gasteiger partial charge in [0, 0.05) is 12.4 Å². The van der Waals surface area contributed by atoms with E-state index < -0.39 is 0 Å². The molecule has 0 aliphatic heterocycles. The van der Waals surface area contributed by atoms with E-state index in [1.165, 1.54) is 4.68 Å². The molecule has 0 fully saturated rings. The van der Waals surface area contributed by atoms with E-state index in [4.69, 9.17) is 16.3 Å². The maximum absolute atomic E-state index is 12.1. The Bertz CT molecular complexity index is 616. The SMILES string of the molecule is COc1ccc(-n2c(=O)c(Cl)c(CBr)n2C)cc1. The maximum Gasteiger partial charge on any atom is 0.290 e. The third-order valence-corrected chi connectivity index (χ3v) is 3.68. The van der Waals surface area contributed by atoms with Crippen LogP contribution in [0.5, 0.6) is 5.75 Å². The molecule has 0 amide bonds. The molecule has 18 heavy (non-hydrogen) atoms. The highest BCUT2D eigenvalue weighted by molar-refractivity contribution is 9.08. The largest absolute Gasteiger partial charge is 0.497 e. The summed E-state index contributed by atoms with van der Waals surface area (Å²) in [6.07, 6.45) is 0. The van der Waals surface area contributed by atoms with Crippen molar-refractivity contribution < 1.29 is 4.74 Å². The van der Waals surface area contributed by atoms with Gasteiger partial charge < -0.3 is 4.74 Å². The minimum Gasteiger partial charge on any atom is -0.497 e. The summed E-state index contributed by atoms with van der Waals surface area (Å²) in [5, 5.41) is 0.769. The molecule has 0 aliphatic carbocycles. The van der Waals surface area contributed by atoms with Crippen LogP contribution in [0.3, 0.4) is 0 Å². The molecular weight excluding hydrogens is 320 g/mol. The first-order valence-corrected chi connectivity index (χ1v) is 6.77. The van der Waals surface area contributed by atoms with Gasteiger partial charge in [-0.3, -0.25) is 9.48 Å². The third-order valence-electron chi connectivity index (χ3n) is 2.77. The van der Waals surface area contributed by atoms with Gasteiger partial charge in [0.1, 0.15) is 10.8 Å². The standard InChI is InChI=1S/C12H12BrClN2O2/c1-15-10(7-13)11(14)12(17)16(15)8-3-5-9(18-2)6-4-8/h3-6H,7H2,1-2H3. The summed E-state index contributed by atoms with van der Waals surface area (Å²) in [5.74, 6) is 0.743. The second kappa shape index (κ2) is 5.20. The van der Waals surface area contributed by atoms with Crippen LogP contribution in [-0.4, -0.2) is 16.5 Å². The number of aromatic nitrogens is 2. The average Bonchev–Trinajstić information content (AvgIpc) is 2.60. The van der Waals surface area contributed by atoms with Crippen molar-refractivity contribution in [2.24, 2.45) is 7.05 Å². The van der Waals surface area contributed by atoms with E-state index in [0.717, 1.165) is 17.1 Å². The fourth-order valence-electron chi connectivity index (χ4n) is 1.77. The van der Waals surface area contributed by atoms with Gasteiger partial charge in [0.2, 0.25) is 0 Å². The zero-order valence-corrected chi connectivity index (χ0v) is 12.3. The van der Waals surface area contributed by atoms with Gasteiger partial charge in [-0.1, -0.05) is 27.5 Å². The molecular formula is C12H12BrClN2O2. The topological polar surface area (TPSA) is 36.2 Å². The molecule has 4 nitrogen and oxygen atoms in total. The highest BCUT2D eigenvalue weighted by Gasteiger charge is 2.16. The Morgan fingerprint density at radius 2 is 1.94 bits per heavy atom. The zero-order chi connectivity index (χ0) is 13.3. The van der Waals surface area contributed by atoms with Crippen LogP contribution in [0.4, 0.5) is 0 Å². The zero-order valence-electron chi connectivity index (χ0n) is 9.98. The Labute approximate surface area is 118 Å². The summed E-state index contributed by atoms with van der Waals surface area (Å²) in [6.45, 7) is 0. The lowest BCUT2D eigenvalue weighted by Gasteiger charge is -2.09. The van der Waals surface area contributed by atoms with E-state index in [0.29, 0.717) is 5.33 Å². The molecule has 1 aromatic carbocycles. The first-order chi connectivity index (χ1) is 8.60. The Balaban J connectivity index is 2.60. The Hall–Kier alpha value is -1.20. The molecule has 96 valence electrons. The van der Waals surface area contributed by atoms with Crippen molar-refractivity contribution in [1.29, 1.82) is 0 Å². The Morgan fingerprint density at radius 3 is 2.39 bits per heavy atom. The maximum atomic E-state index is 12.1. The lowest BCUT2D eigenvalue weighted by molar-refractivity contribution is 0.414. The molecule has 1 heterocycles. The molecule has 6 heteroatoms. The van der Waals surface area contributed by atoms with E-state index in [2.05, 4.69) is 15.9 Å². The lowest BCUT2D eigenvalue weighted by Crippen LogP contribution is -2.19. The number of alkyl halides is 1. The average molecular weight is 332 g/mol. The van der Waals surface area contributed by atoms with Gasteiger partial charge in [0.25, 0.3) is 5.56 Å². The van der Waals surface area contributed by atoms with Crippen molar-refractivity contribution in [1.82, 2.24) is 9.36 Å². The van der Waals surface area contributed by atoms with Crippen LogP contribution in [0.1, 0.15) is 5.69 Å². The van der Waals surface area contributed by atoms with Crippen molar-refractivity contribution in [3.05, 3.63) is 45.3 Å². The molecule has 0 saturated carbocycles. The Morgan fingerprint density at radius 1 is 1.33 bits per heavy atom. The number of hydrogen-bond donors (Lipinski definition) is 0. The molecule has 0 spiro atoms. The molecule has 2 aromatic rings. The number of hydrogen-bond acceptors (Lipinski definition) is 2. The molecule has 0 radical (unpaired) electrons. The Kier molecular flexibility index (Phi) is 3.82. The van der Waals surface area contributed by atoms with Gasteiger partial charge in [-0.15, -0.1) is 0 Å². The monoisotopic (exact) mass is 330 g/mol. The minimum atomic E-state index is -0.223. The first kappa shape index (κ1) is 13.2. The summed E-state index contributed by atoms with van der Waals surface area (Å²) in [4.78, 5) is 12.1. The van der Waals surface area contributed by atoms with Crippen molar-refractivity contribution in [3.8, 4) is 11.4 Å². The fourth-order valence-corrected chi connectivity index (χ4v) is 2.85. The predicted molar refractivity (Wildman–Crippen MR) is 75.2 cm³/mol. The summed E-state index contributed by atoms with van der Waals surface area (Å²) in [6, 6.07) is 7.23. The molecule has 0 bridgehead atoms. The number of ether oxygens (including phenoxy) is 1. The molecule has 0 N–H and O–H groups in total. The number of halogens is 2.